The maximum absolute atomic E-state index is 12.8. The molecule has 3 aromatic carbocycles. The zero-order chi connectivity index (χ0) is 23.3. The molecule has 3 aromatic rings. The van der Waals surface area contributed by atoms with Crippen molar-refractivity contribution in [2.75, 3.05) is 5.32 Å². The molecule has 1 amide bonds. The molecule has 168 valence electrons. The van der Waals surface area contributed by atoms with E-state index in [1.54, 1.807) is 25.1 Å². The molecule has 9 heteroatoms. The lowest BCUT2D eigenvalue weighted by Gasteiger charge is -2.14. The Morgan fingerprint density at radius 2 is 1.72 bits per heavy atom. The van der Waals surface area contributed by atoms with Gasteiger partial charge in [-0.15, -0.1) is 0 Å². The summed E-state index contributed by atoms with van der Waals surface area (Å²) in [5.41, 5.74) is 1.98. The summed E-state index contributed by atoms with van der Waals surface area (Å²) >= 11 is 0. The minimum absolute atomic E-state index is 0.0208. The van der Waals surface area contributed by atoms with Crippen LogP contribution in [0.5, 0.6) is 5.75 Å². The normalized spacial score (nSPS) is 11.4. The van der Waals surface area contributed by atoms with Crippen molar-refractivity contribution >= 4 is 21.6 Å². The first-order valence-corrected chi connectivity index (χ1v) is 11.2. The maximum Gasteiger partial charge on any atom is 0.387 e. The fraction of sp³-hybridized carbons (Fsp3) is 0.174. The first-order valence-electron chi connectivity index (χ1n) is 9.67. The molecule has 0 spiro atoms. The topological polar surface area (TPSA) is 84.5 Å². The zero-order valence-electron chi connectivity index (χ0n) is 17.4. The van der Waals surface area contributed by atoms with Crippen LogP contribution in [0.3, 0.4) is 0 Å². The fourth-order valence-corrected chi connectivity index (χ4v) is 4.34. The number of alkyl halides is 2. The van der Waals surface area contributed by atoms with Gasteiger partial charge in [0.15, 0.2) is 0 Å². The van der Waals surface area contributed by atoms with Gasteiger partial charge in [-0.25, -0.2) is 13.1 Å². The molecule has 6 nitrogen and oxygen atoms in total. The summed E-state index contributed by atoms with van der Waals surface area (Å²) in [5.74, 6) is -0.642. The molecular weight excluding hydrogens is 438 g/mol. The van der Waals surface area contributed by atoms with Gasteiger partial charge in [0, 0.05) is 23.4 Å². The van der Waals surface area contributed by atoms with Gasteiger partial charge in [-0.05, 0) is 49.2 Å². The highest BCUT2D eigenvalue weighted by molar-refractivity contribution is 7.89. The number of amides is 1. The number of aryl methyl sites for hydroxylation is 1. The second-order valence-electron chi connectivity index (χ2n) is 7.05. The van der Waals surface area contributed by atoms with E-state index in [9.17, 15) is 22.0 Å². The van der Waals surface area contributed by atoms with Crippen molar-refractivity contribution < 1.29 is 26.7 Å². The summed E-state index contributed by atoms with van der Waals surface area (Å²) < 4.78 is 57.7. The number of carbonyl (C=O) groups is 1. The molecule has 0 bridgehead atoms. The van der Waals surface area contributed by atoms with Crippen LogP contribution in [0.2, 0.25) is 0 Å². The first-order chi connectivity index (χ1) is 15.2. The minimum atomic E-state index is -3.88. The molecular formula is C23H22F2N2O4S. The Morgan fingerprint density at radius 1 is 1.00 bits per heavy atom. The average Bonchev–Trinajstić information content (AvgIpc) is 2.75. The van der Waals surface area contributed by atoms with Gasteiger partial charge in [-0.1, -0.05) is 42.5 Å². The van der Waals surface area contributed by atoms with E-state index in [1.165, 1.54) is 37.3 Å². The Labute approximate surface area is 185 Å². The molecule has 0 heterocycles. The van der Waals surface area contributed by atoms with Crippen molar-refractivity contribution in [3.8, 4) is 5.75 Å². The van der Waals surface area contributed by atoms with Gasteiger partial charge < -0.3 is 10.1 Å². The van der Waals surface area contributed by atoms with Crippen LogP contribution < -0.4 is 14.8 Å². The highest BCUT2D eigenvalue weighted by Crippen LogP contribution is 2.27. The molecule has 0 radical (unpaired) electrons. The second-order valence-corrected chi connectivity index (χ2v) is 8.79. The number of halogens is 2. The summed E-state index contributed by atoms with van der Waals surface area (Å²) in [6, 6.07) is 17.7. The van der Waals surface area contributed by atoms with Gasteiger partial charge >= 0.3 is 6.61 Å². The third-order valence-corrected chi connectivity index (χ3v) is 6.34. The summed E-state index contributed by atoms with van der Waals surface area (Å²) in [5, 5.41) is 2.62. The standard InChI is InChI=1S/C23H22F2N2O4S/c1-15-11-12-18(13-21(15)32(29,30)26-14-17-7-4-3-5-8-17)22(28)27-19-9-6-10-20(16(19)2)31-23(24)25/h3-13,23,26H,14H2,1-2H3,(H,27,28). The Hall–Kier alpha value is -3.30. The van der Waals surface area contributed by atoms with E-state index in [0.717, 1.165) is 5.56 Å². The Kier molecular flexibility index (Phi) is 7.22. The van der Waals surface area contributed by atoms with Crippen molar-refractivity contribution in [3.05, 3.63) is 89.0 Å². The van der Waals surface area contributed by atoms with Crippen LogP contribution >= 0.6 is 0 Å². The van der Waals surface area contributed by atoms with Crippen LogP contribution in [0.25, 0.3) is 0 Å². The maximum atomic E-state index is 12.8. The highest BCUT2D eigenvalue weighted by Gasteiger charge is 2.20. The summed E-state index contributed by atoms with van der Waals surface area (Å²) in [7, 11) is -3.88. The molecule has 3 rings (SSSR count). The molecule has 0 saturated heterocycles. The highest BCUT2D eigenvalue weighted by atomic mass is 32.2. The van der Waals surface area contributed by atoms with Crippen molar-refractivity contribution in [2.24, 2.45) is 0 Å². The predicted molar refractivity (Wildman–Crippen MR) is 117 cm³/mol. The molecule has 0 aliphatic rings. The number of ether oxygens (including phenoxy) is 1. The fourth-order valence-electron chi connectivity index (χ4n) is 3.05. The van der Waals surface area contributed by atoms with Gasteiger partial charge in [-0.2, -0.15) is 8.78 Å². The second kappa shape index (κ2) is 9.88. The number of hydrogen-bond donors (Lipinski definition) is 2. The summed E-state index contributed by atoms with van der Waals surface area (Å²) in [6.45, 7) is 0.280. The van der Waals surface area contributed by atoms with Crippen molar-refractivity contribution in [1.82, 2.24) is 4.72 Å². The molecule has 32 heavy (non-hydrogen) atoms. The van der Waals surface area contributed by atoms with E-state index in [0.29, 0.717) is 11.1 Å². The van der Waals surface area contributed by atoms with Gasteiger partial charge in [0.2, 0.25) is 10.0 Å². The van der Waals surface area contributed by atoms with Crippen molar-refractivity contribution in [3.63, 3.8) is 0 Å². The van der Waals surface area contributed by atoms with E-state index in [4.69, 9.17) is 0 Å². The lowest BCUT2D eigenvalue weighted by atomic mass is 10.1. The number of carbonyl (C=O) groups excluding carboxylic acids is 1. The molecule has 0 saturated carbocycles. The third-order valence-electron chi connectivity index (χ3n) is 4.80. The summed E-state index contributed by atoms with van der Waals surface area (Å²) in [4.78, 5) is 12.7. The number of nitrogens with one attached hydrogen (secondary N) is 2. The Balaban J connectivity index is 1.81. The SMILES string of the molecule is Cc1ccc(C(=O)Nc2cccc(OC(F)F)c2C)cc1S(=O)(=O)NCc1ccccc1. The Bertz CT molecular complexity index is 1220. The molecule has 0 aliphatic heterocycles. The van der Waals surface area contributed by atoms with E-state index >= 15 is 0 Å². The number of benzene rings is 3. The van der Waals surface area contributed by atoms with Crippen LogP contribution in [0.15, 0.2) is 71.6 Å². The van der Waals surface area contributed by atoms with Crippen molar-refractivity contribution in [2.45, 2.75) is 31.9 Å². The molecule has 0 unspecified atom stereocenters. The first kappa shape index (κ1) is 23.4. The summed E-state index contributed by atoms with van der Waals surface area (Å²) in [6.07, 6.45) is 0. The van der Waals surface area contributed by atoms with Gasteiger partial charge in [-0.3, -0.25) is 4.79 Å². The van der Waals surface area contributed by atoms with Crippen LogP contribution in [0.1, 0.15) is 27.0 Å². The smallest absolute Gasteiger partial charge is 0.387 e. The lowest BCUT2D eigenvalue weighted by molar-refractivity contribution is -0.0502. The average molecular weight is 461 g/mol. The number of anilines is 1. The number of hydrogen-bond acceptors (Lipinski definition) is 4. The molecule has 0 aromatic heterocycles. The number of sulfonamides is 1. The van der Waals surface area contributed by atoms with Crippen LogP contribution in [0, 0.1) is 13.8 Å². The van der Waals surface area contributed by atoms with Crippen molar-refractivity contribution in [1.29, 1.82) is 0 Å². The molecule has 2 N–H and O–H groups in total. The number of rotatable bonds is 8. The van der Waals surface area contributed by atoms with Crippen LogP contribution in [-0.4, -0.2) is 20.9 Å². The largest absolute Gasteiger partial charge is 0.434 e. The van der Waals surface area contributed by atoms with Gasteiger partial charge in [0.25, 0.3) is 5.91 Å². The minimum Gasteiger partial charge on any atom is -0.434 e. The molecule has 0 aliphatic carbocycles. The predicted octanol–water partition coefficient (Wildman–Crippen LogP) is 4.64. The molecule has 0 fully saturated rings. The monoisotopic (exact) mass is 460 g/mol. The third kappa shape index (κ3) is 5.68. The van der Waals surface area contributed by atoms with E-state index in [-0.39, 0.29) is 28.4 Å². The molecule has 0 atom stereocenters. The quantitative estimate of drug-likeness (QED) is 0.513. The zero-order valence-corrected chi connectivity index (χ0v) is 18.2. The van der Waals surface area contributed by atoms with Crippen LogP contribution in [-0.2, 0) is 16.6 Å². The van der Waals surface area contributed by atoms with E-state index < -0.39 is 22.5 Å². The van der Waals surface area contributed by atoms with Gasteiger partial charge in [0.1, 0.15) is 5.75 Å². The van der Waals surface area contributed by atoms with E-state index in [1.807, 2.05) is 18.2 Å². The van der Waals surface area contributed by atoms with E-state index in [2.05, 4.69) is 14.8 Å². The lowest BCUT2D eigenvalue weighted by Crippen LogP contribution is -2.24. The van der Waals surface area contributed by atoms with Gasteiger partial charge in [0.05, 0.1) is 4.90 Å². The van der Waals surface area contributed by atoms with Crippen LogP contribution in [0.4, 0.5) is 14.5 Å². The Morgan fingerprint density at radius 3 is 2.41 bits per heavy atom.